The molecule has 2 atom stereocenters. The highest BCUT2D eigenvalue weighted by atomic mass is 16.5. The topological polar surface area (TPSA) is 66.6 Å². The Kier molecular flexibility index (Phi) is 5.83. The molecule has 2 unspecified atom stereocenters. The number of nitrogens with one attached hydrogen (secondary N) is 2. The van der Waals surface area contributed by atoms with E-state index >= 15 is 0 Å². The fraction of sp³-hybridized carbons (Fsp3) is 0.133. The van der Waals surface area contributed by atoms with Crippen LogP contribution < -0.4 is 0 Å². The van der Waals surface area contributed by atoms with E-state index in [0.717, 1.165) is 33.7 Å². The SMILES string of the molecule is c1ccc(CC(OC(Cc2ccccc2)c2nc3ccccc3[nH]2)c2nc3ccccc3[nH]2)cc1. The van der Waals surface area contributed by atoms with Crippen LogP contribution in [0.15, 0.2) is 109 Å². The minimum absolute atomic E-state index is 0.272. The van der Waals surface area contributed by atoms with Crippen molar-refractivity contribution in [2.24, 2.45) is 0 Å². The average Bonchev–Trinajstić information content (AvgIpc) is 3.53. The fourth-order valence-corrected chi connectivity index (χ4v) is 4.52. The molecule has 0 spiro atoms. The lowest BCUT2D eigenvalue weighted by atomic mass is 10.0. The molecule has 35 heavy (non-hydrogen) atoms. The molecule has 2 aromatic heterocycles. The third kappa shape index (κ3) is 4.72. The molecule has 0 aliphatic rings. The molecule has 5 nitrogen and oxygen atoms in total. The van der Waals surface area contributed by atoms with Crippen molar-refractivity contribution in [2.75, 3.05) is 0 Å². The number of rotatable bonds is 8. The first-order valence-corrected chi connectivity index (χ1v) is 11.9. The molecule has 6 rings (SSSR count). The molecule has 0 aliphatic carbocycles. The van der Waals surface area contributed by atoms with Crippen LogP contribution in [-0.2, 0) is 17.6 Å². The number of imidazole rings is 2. The zero-order chi connectivity index (χ0) is 23.5. The van der Waals surface area contributed by atoms with Gasteiger partial charge in [0.25, 0.3) is 0 Å². The number of ether oxygens (including phenoxy) is 1. The molecule has 0 amide bonds. The van der Waals surface area contributed by atoms with E-state index in [1.807, 2.05) is 60.7 Å². The van der Waals surface area contributed by atoms with E-state index in [1.54, 1.807) is 0 Å². The van der Waals surface area contributed by atoms with Gasteiger partial charge in [0.2, 0.25) is 0 Å². The van der Waals surface area contributed by atoms with E-state index in [9.17, 15) is 0 Å². The van der Waals surface area contributed by atoms with Crippen LogP contribution >= 0.6 is 0 Å². The van der Waals surface area contributed by atoms with Crippen molar-refractivity contribution in [3.05, 3.63) is 132 Å². The van der Waals surface area contributed by atoms with Gasteiger partial charge >= 0.3 is 0 Å². The van der Waals surface area contributed by atoms with Gasteiger partial charge in [-0.3, -0.25) is 0 Å². The van der Waals surface area contributed by atoms with Crippen molar-refractivity contribution in [1.29, 1.82) is 0 Å². The van der Waals surface area contributed by atoms with E-state index in [-0.39, 0.29) is 12.2 Å². The lowest BCUT2D eigenvalue weighted by molar-refractivity contribution is -0.0228. The molecule has 0 fully saturated rings. The molecular weight excluding hydrogens is 432 g/mol. The van der Waals surface area contributed by atoms with Gasteiger partial charge in [-0.1, -0.05) is 84.9 Å². The van der Waals surface area contributed by atoms with Gasteiger partial charge in [-0.05, 0) is 35.4 Å². The van der Waals surface area contributed by atoms with E-state index in [1.165, 1.54) is 11.1 Å². The lowest BCUT2D eigenvalue weighted by Gasteiger charge is -2.23. The van der Waals surface area contributed by atoms with Gasteiger partial charge in [0.15, 0.2) is 0 Å². The number of aromatic amines is 2. The molecule has 5 heteroatoms. The predicted molar refractivity (Wildman–Crippen MR) is 139 cm³/mol. The smallest absolute Gasteiger partial charge is 0.136 e. The van der Waals surface area contributed by atoms with E-state index < -0.39 is 0 Å². The van der Waals surface area contributed by atoms with Crippen molar-refractivity contribution in [3.8, 4) is 0 Å². The van der Waals surface area contributed by atoms with Crippen molar-refractivity contribution < 1.29 is 4.74 Å². The summed E-state index contributed by atoms with van der Waals surface area (Å²) in [6.07, 6.45) is 0.858. The molecule has 0 aliphatic heterocycles. The second-order valence-corrected chi connectivity index (χ2v) is 8.77. The second-order valence-electron chi connectivity index (χ2n) is 8.77. The van der Waals surface area contributed by atoms with Gasteiger partial charge in [0.05, 0.1) is 22.1 Å². The van der Waals surface area contributed by atoms with Gasteiger partial charge in [0, 0.05) is 12.8 Å². The van der Waals surface area contributed by atoms with Crippen molar-refractivity contribution in [3.63, 3.8) is 0 Å². The number of nitrogens with zero attached hydrogens (tertiary/aromatic N) is 2. The summed E-state index contributed by atoms with van der Waals surface area (Å²) in [7, 11) is 0. The predicted octanol–water partition coefficient (Wildman–Crippen LogP) is 6.72. The number of benzene rings is 4. The molecule has 0 saturated carbocycles. The van der Waals surface area contributed by atoms with E-state index in [2.05, 4.69) is 58.5 Å². The lowest BCUT2D eigenvalue weighted by Crippen LogP contribution is -2.17. The van der Waals surface area contributed by atoms with Gasteiger partial charge in [-0.25, -0.2) is 9.97 Å². The monoisotopic (exact) mass is 458 g/mol. The Bertz CT molecular complexity index is 1350. The highest BCUT2D eigenvalue weighted by Gasteiger charge is 2.26. The van der Waals surface area contributed by atoms with Gasteiger partial charge in [-0.15, -0.1) is 0 Å². The summed E-state index contributed by atoms with van der Waals surface area (Å²) in [6.45, 7) is 0. The first kappa shape index (κ1) is 21.3. The average molecular weight is 459 g/mol. The van der Waals surface area contributed by atoms with Crippen LogP contribution in [0.4, 0.5) is 0 Å². The summed E-state index contributed by atoms with van der Waals surface area (Å²) in [5.41, 5.74) is 6.28. The minimum Gasteiger partial charge on any atom is -0.358 e. The highest BCUT2D eigenvalue weighted by Crippen LogP contribution is 2.32. The molecule has 6 aromatic rings. The summed E-state index contributed by atoms with van der Waals surface area (Å²) in [5, 5.41) is 0. The summed E-state index contributed by atoms with van der Waals surface area (Å²) < 4.78 is 6.90. The maximum atomic E-state index is 6.90. The number of H-pyrrole nitrogens is 2. The number of fused-ring (bicyclic) bond motifs is 2. The van der Waals surface area contributed by atoms with Crippen LogP contribution in [0.5, 0.6) is 0 Å². The Morgan fingerprint density at radius 3 is 1.34 bits per heavy atom. The number of aromatic nitrogens is 4. The standard InChI is InChI=1S/C30H26N4O/c1-3-11-21(12-4-1)19-27(29-31-23-15-7-8-16-24(23)32-29)35-28(20-22-13-5-2-6-14-22)30-33-25-17-9-10-18-26(25)34-30/h1-18,27-28H,19-20H2,(H,31,32)(H,33,34). The number of hydrogen-bond donors (Lipinski definition) is 2. The third-order valence-electron chi connectivity index (χ3n) is 6.28. The summed E-state index contributed by atoms with van der Waals surface area (Å²) in [6, 6.07) is 37.0. The van der Waals surface area contributed by atoms with Crippen molar-refractivity contribution >= 4 is 22.1 Å². The van der Waals surface area contributed by atoms with Crippen LogP contribution in [0.25, 0.3) is 22.1 Å². The molecule has 0 radical (unpaired) electrons. The zero-order valence-corrected chi connectivity index (χ0v) is 19.3. The normalized spacial score (nSPS) is 13.3. The summed E-state index contributed by atoms with van der Waals surface area (Å²) in [5.74, 6) is 1.65. The van der Waals surface area contributed by atoms with Crippen LogP contribution in [0.1, 0.15) is 35.0 Å². The summed E-state index contributed by atoms with van der Waals surface area (Å²) >= 11 is 0. The fourth-order valence-electron chi connectivity index (χ4n) is 4.52. The first-order valence-electron chi connectivity index (χ1n) is 11.9. The minimum atomic E-state index is -0.272. The number of para-hydroxylation sites is 4. The van der Waals surface area contributed by atoms with Crippen molar-refractivity contribution in [1.82, 2.24) is 19.9 Å². The van der Waals surface area contributed by atoms with Crippen LogP contribution in [0.2, 0.25) is 0 Å². The molecule has 0 bridgehead atoms. The highest BCUT2D eigenvalue weighted by molar-refractivity contribution is 5.75. The molecule has 172 valence electrons. The molecule has 0 saturated heterocycles. The van der Waals surface area contributed by atoms with Crippen molar-refractivity contribution in [2.45, 2.75) is 25.0 Å². The van der Waals surface area contributed by atoms with Crippen LogP contribution in [0, 0.1) is 0 Å². The second kappa shape index (κ2) is 9.57. The molecule has 2 heterocycles. The summed E-state index contributed by atoms with van der Waals surface area (Å²) in [4.78, 5) is 16.8. The van der Waals surface area contributed by atoms with Gasteiger partial charge in [-0.2, -0.15) is 0 Å². The Morgan fingerprint density at radius 2 is 0.914 bits per heavy atom. The van der Waals surface area contributed by atoms with E-state index in [0.29, 0.717) is 12.8 Å². The third-order valence-corrected chi connectivity index (χ3v) is 6.28. The zero-order valence-electron chi connectivity index (χ0n) is 19.3. The maximum absolute atomic E-state index is 6.90. The van der Waals surface area contributed by atoms with Gasteiger partial charge in [0.1, 0.15) is 23.9 Å². The first-order chi connectivity index (χ1) is 17.3. The van der Waals surface area contributed by atoms with Gasteiger partial charge < -0.3 is 14.7 Å². The van der Waals surface area contributed by atoms with Crippen LogP contribution in [-0.4, -0.2) is 19.9 Å². The Morgan fingerprint density at radius 1 is 0.514 bits per heavy atom. The Labute approximate surface area is 203 Å². The molecular formula is C30H26N4O. The maximum Gasteiger partial charge on any atom is 0.136 e. The molecule has 4 aromatic carbocycles. The number of hydrogen-bond acceptors (Lipinski definition) is 3. The van der Waals surface area contributed by atoms with Crippen LogP contribution in [0.3, 0.4) is 0 Å². The Balaban J connectivity index is 1.40. The largest absolute Gasteiger partial charge is 0.358 e. The van der Waals surface area contributed by atoms with E-state index in [4.69, 9.17) is 14.7 Å². The quantitative estimate of drug-likeness (QED) is 0.266. The Hall–Kier alpha value is -4.22. The molecule has 2 N–H and O–H groups in total.